The van der Waals surface area contributed by atoms with Crippen LogP contribution >= 0.6 is 11.6 Å². The predicted octanol–water partition coefficient (Wildman–Crippen LogP) is 4.53. The highest BCUT2D eigenvalue weighted by atomic mass is 35.5. The van der Waals surface area contributed by atoms with E-state index in [0.717, 1.165) is 44.0 Å². The van der Waals surface area contributed by atoms with Gasteiger partial charge in [0.05, 0.1) is 18.8 Å². The fourth-order valence-corrected chi connectivity index (χ4v) is 4.92. The summed E-state index contributed by atoms with van der Waals surface area (Å²) >= 11 is 5.95. The first-order valence-corrected chi connectivity index (χ1v) is 13.1. The van der Waals surface area contributed by atoms with Crippen LogP contribution in [0.4, 0.5) is 15.8 Å². The van der Waals surface area contributed by atoms with Gasteiger partial charge in [0.1, 0.15) is 5.82 Å². The van der Waals surface area contributed by atoms with Crippen LogP contribution in [0.25, 0.3) is 0 Å². The van der Waals surface area contributed by atoms with Crippen LogP contribution in [-0.2, 0) is 11.3 Å². The minimum absolute atomic E-state index is 0.0698. The molecular formula is C29H30ClFN4O3. The van der Waals surface area contributed by atoms with Crippen molar-refractivity contribution in [3.63, 3.8) is 0 Å². The van der Waals surface area contributed by atoms with Crippen LogP contribution in [0.1, 0.15) is 26.3 Å². The number of ether oxygens (including phenoxy) is 1. The lowest BCUT2D eigenvalue weighted by Gasteiger charge is -2.37. The summed E-state index contributed by atoms with van der Waals surface area (Å²) in [5.74, 6) is -0.572. The molecule has 38 heavy (non-hydrogen) atoms. The first-order chi connectivity index (χ1) is 18.5. The summed E-state index contributed by atoms with van der Waals surface area (Å²) in [6.07, 6.45) is 0. The molecule has 0 aliphatic carbocycles. The molecule has 2 amide bonds. The molecule has 0 atom stereocenters. The van der Waals surface area contributed by atoms with Crippen LogP contribution in [0.15, 0.2) is 66.7 Å². The molecule has 5 rings (SSSR count). The predicted molar refractivity (Wildman–Crippen MR) is 146 cm³/mol. The number of rotatable bonds is 6. The topological polar surface area (TPSA) is 65.1 Å². The van der Waals surface area contributed by atoms with E-state index in [1.807, 2.05) is 24.3 Å². The molecule has 0 aromatic heterocycles. The van der Waals surface area contributed by atoms with Gasteiger partial charge in [-0.05, 0) is 60.2 Å². The Balaban J connectivity index is 1.33. The molecule has 3 aromatic carbocycles. The second-order valence-electron chi connectivity index (χ2n) is 9.49. The summed E-state index contributed by atoms with van der Waals surface area (Å²) < 4.78 is 18.7. The van der Waals surface area contributed by atoms with Crippen molar-refractivity contribution in [2.45, 2.75) is 6.54 Å². The molecule has 9 heteroatoms. The fraction of sp³-hybridized carbons (Fsp3) is 0.310. The molecule has 2 fully saturated rings. The lowest BCUT2D eigenvalue weighted by molar-refractivity contribution is 0.0303. The maximum atomic E-state index is 13.6. The SMILES string of the molecule is O=C(Nc1ccc(N2CCN(Cc3ccc(F)cc3)CC2)c(C(=O)N2CCOCC2)c1)c1ccc(Cl)cc1. The number of nitrogens with zero attached hydrogens (tertiary/aromatic N) is 3. The number of morpholine rings is 1. The van der Waals surface area contributed by atoms with Crippen LogP contribution in [-0.4, -0.2) is 74.1 Å². The fourth-order valence-electron chi connectivity index (χ4n) is 4.80. The number of carbonyl (C=O) groups is 2. The second kappa shape index (κ2) is 11.9. The zero-order valence-corrected chi connectivity index (χ0v) is 21.8. The molecular weight excluding hydrogens is 507 g/mol. The van der Waals surface area contributed by atoms with Gasteiger partial charge in [0.25, 0.3) is 11.8 Å². The highest BCUT2D eigenvalue weighted by Gasteiger charge is 2.26. The molecule has 7 nitrogen and oxygen atoms in total. The van der Waals surface area contributed by atoms with E-state index in [-0.39, 0.29) is 17.6 Å². The van der Waals surface area contributed by atoms with Crippen molar-refractivity contribution in [3.05, 3.63) is 94.3 Å². The molecule has 2 heterocycles. The zero-order valence-electron chi connectivity index (χ0n) is 21.0. The molecule has 2 aliphatic heterocycles. The smallest absolute Gasteiger partial charge is 0.256 e. The molecule has 0 radical (unpaired) electrons. The molecule has 3 aromatic rings. The quantitative estimate of drug-likeness (QED) is 0.501. The van der Waals surface area contributed by atoms with Gasteiger partial charge in [-0.2, -0.15) is 0 Å². The van der Waals surface area contributed by atoms with E-state index < -0.39 is 0 Å². The van der Waals surface area contributed by atoms with E-state index >= 15 is 0 Å². The van der Waals surface area contributed by atoms with Gasteiger partial charge >= 0.3 is 0 Å². The standard InChI is InChI=1S/C29H30ClFN4O3/c30-23-5-3-22(4-6-23)28(36)32-25-9-10-27(26(19-25)29(37)35-15-17-38-18-16-35)34-13-11-33(12-14-34)20-21-1-7-24(31)8-2-21/h1-10,19H,11-18,20H2,(H,32,36). The summed E-state index contributed by atoms with van der Waals surface area (Å²) in [6.45, 7) is 5.98. The van der Waals surface area contributed by atoms with E-state index in [9.17, 15) is 14.0 Å². The van der Waals surface area contributed by atoms with Crippen LogP contribution in [0.3, 0.4) is 0 Å². The van der Waals surface area contributed by atoms with Gasteiger partial charge in [-0.25, -0.2) is 4.39 Å². The molecule has 0 saturated carbocycles. The summed E-state index contributed by atoms with van der Waals surface area (Å²) in [5.41, 5.74) is 3.53. The first-order valence-electron chi connectivity index (χ1n) is 12.8. The third-order valence-electron chi connectivity index (χ3n) is 6.92. The Morgan fingerprint density at radius 1 is 0.868 bits per heavy atom. The third-order valence-corrected chi connectivity index (χ3v) is 7.17. The normalized spacial score (nSPS) is 16.4. The van der Waals surface area contributed by atoms with Crippen molar-refractivity contribution in [1.29, 1.82) is 0 Å². The van der Waals surface area contributed by atoms with Crippen molar-refractivity contribution in [2.75, 3.05) is 62.7 Å². The number of piperazine rings is 1. The Hall–Kier alpha value is -3.46. The van der Waals surface area contributed by atoms with Crippen molar-refractivity contribution < 1.29 is 18.7 Å². The Kier molecular flexibility index (Phi) is 8.22. The Morgan fingerprint density at radius 2 is 1.55 bits per heavy atom. The average Bonchev–Trinajstić information content (AvgIpc) is 2.95. The van der Waals surface area contributed by atoms with Crippen LogP contribution < -0.4 is 10.2 Å². The molecule has 198 valence electrons. The van der Waals surface area contributed by atoms with Gasteiger partial charge in [-0.3, -0.25) is 14.5 Å². The van der Waals surface area contributed by atoms with E-state index in [4.69, 9.17) is 16.3 Å². The van der Waals surface area contributed by atoms with Crippen molar-refractivity contribution in [1.82, 2.24) is 9.80 Å². The van der Waals surface area contributed by atoms with E-state index in [1.54, 1.807) is 35.2 Å². The zero-order chi connectivity index (χ0) is 26.5. The van der Waals surface area contributed by atoms with Crippen LogP contribution in [0, 0.1) is 5.82 Å². The third kappa shape index (κ3) is 6.32. The number of hydrogen-bond donors (Lipinski definition) is 1. The number of carbonyl (C=O) groups excluding carboxylic acids is 2. The summed E-state index contributed by atoms with van der Waals surface area (Å²) in [5, 5.41) is 3.47. The molecule has 0 bridgehead atoms. The highest BCUT2D eigenvalue weighted by molar-refractivity contribution is 6.30. The monoisotopic (exact) mass is 536 g/mol. The summed E-state index contributed by atoms with van der Waals surface area (Å²) in [7, 11) is 0. The van der Waals surface area contributed by atoms with E-state index in [2.05, 4.69) is 15.1 Å². The first kappa shape index (κ1) is 26.2. The number of nitrogens with one attached hydrogen (secondary N) is 1. The number of anilines is 2. The van der Waals surface area contributed by atoms with Gasteiger partial charge in [0, 0.05) is 67.8 Å². The lowest BCUT2D eigenvalue weighted by Crippen LogP contribution is -2.47. The van der Waals surface area contributed by atoms with Gasteiger partial charge in [-0.15, -0.1) is 0 Å². The molecule has 0 unspecified atom stereocenters. The van der Waals surface area contributed by atoms with Gasteiger partial charge < -0.3 is 19.9 Å². The average molecular weight is 537 g/mol. The maximum absolute atomic E-state index is 13.6. The largest absolute Gasteiger partial charge is 0.378 e. The lowest BCUT2D eigenvalue weighted by atomic mass is 10.1. The van der Waals surface area contributed by atoms with Crippen molar-refractivity contribution in [3.8, 4) is 0 Å². The maximum Gasteiger partial charge on any atom is 0.256 e. The molecule has 0 spiro atoms. The van der Waals surface area contributed by atoms with E-state index in [0.29, 0.717) is 48.1 Å². The number of halogens is 2. The van der Waals surface area contributed by atoms with Crippen molar-refractivity contribution in [2.24, 2.45) is 0 Å². The van der Waals surface area contributed by atoms with E-state index in [1.165, 1.54) is 12.1 Å². The van der Waals surface area contributed by atoms with Gasteiger partial charge in [-0.1, -0.05) is 23.7 Å². The molecule has 2 aliphatic rings. The summed E-state index contributed by atoms with van der Waals surface area (Å²) in [4.78, 5) is 32.8. The van der Waals surface area contributed by atoms with Crippen LogP contribution in [0.2, 0.25) is 5.02 Å². The Morgan fingerprint density at radius 3 is 2.24 bits per heavy atom. The van der Waals surface area contributed by atoms with Gasteiger partial charge in [0.15, 0.2) is 0 Å². The van der Waals surface area contributed by atoms with Crippen LogP contribution in [0.5, 0.6) is 0 Å². The summed E-state index contributed by atoms with van der Waals surface area (Å²) in [6, 6.07) is 18.8. The minimum Gasteiger partial charge on any atom is -0.378 e. The highest BCUT2D eigenvalue weighted by Crippen LogP contribution is 2.28. The minimum atomic E-state index is -0.270. The number of hydrogen-bond acceptors (Lipinski definition) is 5. The second-order valence-corrected chi connectivity index (χ2v) is 9.92. The number of amides is 2. The number of benzene rings is 3. The molecule has 1 N–H and O–H groups in total. The van der Waals surface area contributed by atoms with Gasteiger partial charge in [0.2, 0.25) is 0 Å². The van der Waals surface area contributed by atoms with Crippen molar-refractivity contribution >= 4 is 34.8 Å². The Bertz CT molecular complexity index is 1270. The molecule has 2 saturated heterocycles. The Labute approximate surface area is 226 Å².